The second-order valence-corrected chi connectivity index (χ2v) is 5.14. The highest BCUT2D eigenvalue weighted by atomic mass is 15.1. The van der Waals surface area contributed by atoms with E-state index in [9.17, 15) is 0 Å². The Bertz CT molecular complexity index is 361. The van der Waals surface area contributed by atoms with Gasteiger partial charge in [0.1, 0.15) is 5.82 Å². The predicted molar refractivity (Wildman–Crippen MR) is 60.9 cm³/mol. The van der Waals surface area contributed by atoms with Crippen LogP contribution < -0.4 is 0 Å². The van der Waals surface area contributed by atoms with Crippen LogP contribution in [-0.2, 0) is 19.4 Å². The van der Waals surface area contributed by atoms with E-state index in [1.807, 2.05) is 0 Å². The van der Waals surface area contributed by atoms with Crippen LogP contribution in [0.4, 0.5) is 0 Å². The van der Waals surface area contributed by atoms with E-state index < -0.39 is 0 Å². The van der Waals surface area contributed by atoms with E-state index in [4.69, 9.17) is 4.98 Å². The first kappa shape index (κ1) is 9.44. The van der Waals surface area contributed by atoms with Gasteiger partial charge in [0.15, 0.2) is 0 Å². The fraction of sp³-hybridized carbons (Fsp3) is 0.769. The standard InChI is InChI=1S/C13H20N2/c1-10-14-12-4-2-3-5-13(12)15(10)9-8-11-6-7-11/h11H,2-9H2,1H3. The first-order valence-electron chi connectivity index (χ1n) is 6.39. The molecule has 1 aromatic rings. The van der Waals surface area contributed by atoms with E-state index in [0.717, 1.165) is 5.92 Å². The van der Waals surface area contributed by atoms with Crippen LogP contribution in [0, 0.1) is 12.8 Å². The van der Waals surface area contributed by atoms with Crippen molar-refractivity contribution < 1.29 is 0 Å². The average molecular weight is 204 g/mol. The number of nitrogens with zero attached hydrogens (tertiary/aromatic N) is 2. The Balaban J connectivity index is 1.81. The Kier molecular flexibility index (Phi) is 2.30. The van der Waals surface area contributed by atoms with Crippen molar-refractivity contribution in [3.05, 3.63) is 17.2 Å². The maximum absolute atomic E-state index is 4.71. The minimum atomic E-state index is 1.03. The second kappa shape index (κ2) is 3.66. The molecule has 2 nitrogen and oxygen atoms in total. The lowest BCUT2D eigenvalue weighted by molar-refractivity contribution is 0.548. The van der Waals surface area contributed by atoms with Gasteiger partial charge in [0, 0.05) is 12.2 Å². The normalized spacial score (nSPS) is 20.3. The van der Waals surface area contributed by atoms with Crippen molar-refractivity contribution in [1.29, 1.82) is 0 Å². The van der Waals surface area contributed by atoms with Gasteiger partial charge in [-0.15, -0.1) is 0 Å². The maximum atomic E-state index is 4.71. The summed E-state index contributed by atoms with van der Waals surface area (Å²) in [6, 6.07) is 0. The molecular formula is C13H20N2. The highest BCUT2D eigenvalue weighted by Gasteiger charge is 2.23. The summed E-state index contributed by atoms with van der Waals surface area (Å²) in [5.41, 5.74) is 2.95. The Hall–Kier alpha value is -0.790. The van der Waals surface area contributed by atoms with Gasteiger partial charge in [-0.05, 0) is 44.9 Å². The third-order valence-corrected chi connectivity index (χ3v) is 3.88. The Labute approximate surface area is 91.7 Å². The summed E-state index contributed by atoms with van der Waals surface area (Å²) >= 11 is 0. The number of imidazole rings is 1. The SMILES string of the molecule is Cc1nc2c(n1CCC1CC1)CCCC2. The van der Waals surface area contributed by atoms with Crippen molar-refractivity contribution in [2.75, 3.05) is 0 Å². The monoisotopic (exact) mass is 204 g/mol. The molecule has 0 unspecified atom stereocenters. The highest BCUT2D eigenvalue weighted by molar-refractivity contribution is 5.19. The van der Waals surface area contributed by atoms with Gasteiger partial charge >= 0.3 is 0 Å². The summed E-state index contributed by atoms with van der Waals surface area (Å²) in [6.45, 7) is 3.39. The molecule has 0 bridgehead atoms. The van der Waals surface area contributed by atoms with Gasteiger partial charge in [-0.3, -0.25) is 0 Å². The molecule has 0 spiro atoms. The van der Waals surface area contributed by atoms with Crippen LogP contribution in [0.25, 0.3) is 0 Å². The van der Waals surface area contributed by atoms with Gasteiger partial charge < -0.3 is 4.57 Å². The number of hydrogen-bond donors (Lipinski definition) is 0. The van der Waals surface area contributed by atoms with Crippen LogP contribution in [0.1, 0.15) is 49.3 Å². The zero-order valence-electron chi connectivity index (χ0n) is 9.63. The van der Waals surface area contributed by atoms with Crippen molar-refractivity contribution in [3.8, 4) is 0 Å². The first-order valence-corrected chi connectivity index (χ1v) is 6.39. The van der Waals surface area contributed by atoms with Gasteiger partial charge in [-0.2, -0.15) is 0 Å². The highest BCUT2D eigenvalue weighted by Crippen LogP contribution is 2.33. The molecule has 0 radical (unpaired) electrons. The van der Waals surface area contributed by atoms with Crippen LogP contribution in [0.2, 0.25) is 0 Å². The molecule has 1 saturated carbocycles. The molecule has 0 N–H and O–H groups in total. The molecular weight excluding hydrogens is 184 g/mol. The Morgan fingerprint density at radius 3 is 2.87 bits per heavy atom. The van der Waals surface area contributed by atoms with Crippen LogP contribution in [0.5, 0.6) is 0 Å². The van der Waals surface area contributed by atoms with E-state index in [1.165, 1.54) is 63.0 Å². The van der Waals surface area contributed by atoms with Crippen LogP contribution in [0.3, 0.4) is 0 Å². The number of aromatic nitrogens is 2. The minimum Gasteiger partial charge on any atom is -0.332 e. The molecule has 2 aliphatic carbocycles. The molecule has 0 aromatic carbocycles. The summed E-state index contributed by atoms with van der Waals surface area (Å²) in [7, 11) is 0. The van der Waals surface area contributed by atoms with E-state index in [-0.39, 0.29) is 0 Å². The summed E-state index contributed by atoms with van der Waals surface area (Å²) in [5.74, 6) is 2.29. The van der Waals surface area contributed by atoms with Crippen LogP contribution in [0.15, 0.2) is 0 Å². The molecule has 2 aliphatic rings. The zero-order chi connectivity index (χ0) is 10.3. The molecule has 1 aromatic heterocycles. The van der Waals surface area contributed by atoms with E-state index in [0.29, 0.717) is 0 Å². The van der Waals surface area contributed by atoms with Gasteiger partial charge in [0.25, 0.3) is 0 Å². The van der Waals surface area contributed by atoms with E-state index in [2.05, 4.69) is 11.5 Å². The molecule has 3 rings (SSSR count). The van der Waals surface area contributed by atoms with Crippen molar-refractivity contribution in [2.45, 2.75) is 58.4 Å². The van der Waals surface area contributed by atoms with Crippen molar-refractivity contribution in [1.82, 2.24) is 9.55 Å². The molecule has 15 heavy (non-hydrogen) atoms. The van der Waals surface area contributed by atoms with E-state index in [1.54, 1.807) is 5.69 Å². The number of aryl methyl sites for hydroxylation is 2. The number of hydrogen-bond acceptors (Lipinski definition) is 1. The summed E-state index contributed by atoms with van der Waals surface area (Å²) in [5, 5.41) is 0. The zero-order valence-corrected chi connectivity index (χ0v) is 9.63. The summed E-state index contributed by atoms with van der Waals surface area (Å²) in [6.07, 6.45) is 9.50. The van der Waals surface area contributed by atoms with E-state index >= 15 is 0 Å². The molecule has 0 atom stereocenters. The summed E-state index contributed by atoms with van der Waals surface area (Å²) in [4.78, 5) is 4.71. The molecule has 0 saturated heterocycles. The summed E-state index contributed by atoms with van der Waals surface area (Å²) < 4.78 is 2.49. The lowest BCUT2D eigenvalue weighted by Crippen LogP contribution is -2.09. The molecule has 82 valence electrons. The smallest absolute Gasteiger partial charge is 0.106 e. The average Bonchev–Trinajstić information content (AvgIpc) is 3.00. The third-order valence-electron chi connectivity index (χ3n) is 3.88. The Morgan fingerprint density at radius 1 is 1.27 bits per heavy atom. The minimum absolute atomic E-state index is 1.03. The fourth-order valence-corrected chi connectivity index (χ4v) is 2.75. The molecule has 0 amide bonds. The van der Waals surface area contributed by atoms with Crippen molar-refractivity contribution in [2.24, 2.45) is 5.92 Å². The molecule has 1 fully saturated rings. The topological polar surface area (TPSA) is 17.8 Å². The molecule has 1 heterocycles. The largest absolute Gasteiger partial charge is 0.332 e. The number of rotatable bonds is 3. The van der Waals surface area contributed by atoms with Gasteiger partial charge in [0.05, 0.1) is 5.69 Å². The Morgan fingerprint density at radius 2 is 2.07 bits per heavy atom. The fourth-order valence-electron chi connectivity index (χ4n) is 2.75. The quantitative estimate of drug-likeness (QED) is 0.740. The van der Waals surface area contributed by atoms with Crippen molar-refractivity contribution in [3.63, 3.8) is 0 Å². The third kappa shape index (κ3) is 1.82. The first-order chi connectivity index (χ1) is 7.34. The number of fused-ring (bicyclic) bond motifs is 1. The van der Waals surface area contributed by atoms with Crippen LogP contribution >= 0.6 is 0 Å². The second-order valence-electron chi connectivity index (χ2n) is 5.14. The van der Waals surface area contributed by atoms with Gasteiger partial charge in [0.2, 0.25) is 0 Å². The lowest BCUT2D eigenvalue weighted by Gasteiger charge is -2.14. The molecule has 2 heteroatoms. The van der Waals surface area contributed by atoms with Gasteiger partial charge in [-0.25, -0.2) is 4.98 Å². The lowest BCUT2D eigenvalue weighted by atomic mass is 10.0. The molecule has 0 aliphatic heterocycles. The van der Waals surface area contributed by atoms with Crippen LogP contribution in [-0.4, -0.2) is 9.55 Å². The van der Waals surface area contributed by atoms with Gasteiger partial charge in [-0.1, -0.05) is 12.8 Å². The predicted octanol–water partition coefficient (Wildman–Crippen LogP) is 2.87. The maximum Gasteiger partial charge on any atom is 0.106 e. The van der Waals surface area contributed by atoms with Crippen molar-refractivity contribution >= 4 is 0 Å².